The van der Waals surface area contributed by atoms with Crippen molar-refractivity contribution in [1.29, 1.82) is 0 Å². The van der Waals surface area contributed by atoms with E-state index in [0.717, 1.165) is 0 Å². The molecule has 0 aromatic heterocycles. The Morgan fingerprint density at radius 2 is 1.91 bits per heavy atom. The number of halogens is 1. The number of piperazine rings is 1. The Morgan fingerprint density at radius 3 is 2.48 bits per heavy atom. The van der Waals surface area contributed by atoms with Gasteiger partial charge in [-0.2, -0.15) is 0 Å². The van der Waals surface area contributed by atoms with Gasteiger partial charge in [0.05, 0.1) is 11.5 Å². The first-order valence-electron chi connectivity index (χ1n) is 7.86. The Bertz CT molecular complexity index is 712. The maximum Gasteiger partial charge on any atom is 0.254 e. The SMILES string of the molecule is Cc1ccc(C(=O)N2CCN([C@H]3CCS(=O)(=O)C3)CC2)cc1F. The minimum absolute atomic E-state index is 0.0778. The number of benzene rings is 1. The van der Waals surface area contributed by atoms with Crippen molar-refractivity contribution in [1.82, 2.24) is 9.80 Å². The smallest absolute Gasteiger partial charge is 0.254 e. The van der Waals surface area contributed by atoms with E-state index in [-0.39, 0.29) is 29.3 Å². The minimum atomic E-state index is -2.89. The molecule has 1 aromatic carbocycles. The average Bonchev–Trinajstić information content (AvgIpc) is 2.89. The summed E-state index contributed by atoms with van der Waals surface area (Å²) in [5.74, 6) is -0.0444. The molecule has 0 bridgehead atoms. The largest absolute Gasteiger partial charge is 0.336 e. The van der Waals surface area contributed by atoms with Gasteiger partial charge < -0.3 is 4.90 Å². The quantitative estimate of drug-likeness (QED) is 0.808. The molecule has 0 radical (unpaired) electrons. The highest BCUT2D eigenvalue weighted by molar-refractivity contribution is 7.91. The Labute approximate surface area is 136 Å². The zero-order valence-corrected chi connectivity index (χ0v) is 14.0. The Balaban J connectivity index is 1.60. The van der Waals surface area contributed by atoms with Crippen LogP contribution in [-0.2, 0) is 9.84 Å². The zero-order chi connectivity index (χ0) is 16.6. The number of carbonyl (C=O) groups excluding carboxylic acids is 1. The van der Waals surface area contributed by atoms with Crippen LogP contribution in [0.4, 0.5) is 4.39 Å². The lowest BCUT2D eigenvalue weighted by molar-refractivity contribution is 0.0587. The molecule has 0 unspecified atom stereocenters. The van der Waals surface area contributed by atoms with Gasteiger partial charge in [0.1, 0.15) is 5.82 Å². The van der Waals surface area contributed by atoms with Crippen LogP contribution < -0.4 is 0 Å². The lowest BCUT2D eigenvalue weighted by atomic mass is 10.1. The number of sulfone groups is 1. The van der Waals surface area contributed by atoms with Gasteiger partial charge >= 0.3 is 0 Å². The molecule has 1 atom stereocenters. The molecule has 2 heterocycles. The van der Waals surface area contributed by atoms with E-state index in [1.54, 1.807) is 24.0 Å². The average molecular weight is 340 g/mol. The first-order chi connectivity index (χ1) is 10.9. The van der Waals surface area contributed by atoms with Crippen LogP contribution in [0.5, 0.6) is 0 Å². The summed E-state index contributed by atoms with van der Waals surface area (Å²) in [6.07, 6.45) is 0.680. The summed E-state index contributed by atoms with van der Waals surface area (Å²) >= 11 is 0. The summed E-state index contributed by atoms with van der Waals surface area (Å²) in [6, 6.07) is 4.63. The molecule has 2 saturated heterocycles. The maximum absolute atomic E-state index is 13.6. The topological polar surface area (TPSA) is 57.7 Å². The minimum Gasteiger partial charge on any atom is -0.336 e. The van der Waals surface area contributed by atoms with Crippen LogP contribution in [0, 0.1) is 12.7 Å². The van der Waals surface area contributed by atoms with Gasteiger partial charge in [0.2, 0.25) is 0 Å². The summed E-state index contributed by atoms with van der Waals surface area (Å²) in [7, 11) is -2.89. The van der Waals surface area contributed by atoms with Crippen LogP contribution in [-0.4, -0.2) is 67.9 Å². The van der Waals surface area contributed by atoms with Crippen molar-refractivity contribution in [2.75, 3.05) is 37.7 Å². The summed E-state index contributed by atoms with van der Waals surface area (Å²) in [5, 5.41) is 0. The van der Waals surface area contributed by atoms with Gasteiger partial charge in [-0.05, 0) is 31.0 Å². The molecule has 23 heavy (non-hydrogen) atoms. The summed E-state index contributed by atoms with van der Waals surface area (Å²) < 4.78 is 36.8. The van der Waals surface area contributed by atoms with E-state index in [1.165, 1.54) is 6.07 Å². The number of hydrogen-bond donors (Lipinski definition) is 0. The van der Waals surface area contributed by atoms with E-state index in [2.05, 4.69) is 4.90 Å². The third kappa shape index (κ3) is 3.55. The lowest BCUT2D eigenvalue weighted by Crippen LogP contribution is -2.52. The van der Waals surface area contributed by atoms with E-state index in [9.17, 15) is 17.6 Å². The summed E-state index contributed by atoms with van der Waals surface area (Å²) in [6.45, 7) is 4.09. The Morgan fingerprint density at radius 1 is 1.22 bits per heavy atom. The monoisotopic (exact) mass is 340 g/mol. The summed E-state index contributed by atoms with van der Waals surface area (Å²) in [5.41, 5.74) is 0.888. The first-order valence-corrected chi connectivity index (χ1v) is 9.68. The Kier molecular flexibility index (Phi) is 4.42. The first kappa shape index (κ1) is 16.4. The molecule has 1 amide bonds. The van der Waals surface area contributed by atoms with Crippen molar-refractivity contribution in [3.05, 3.63) is 35.1 Å². The van der Waals surface area contributed by atoms with E-state index in [1.807, 2.05) is 0 Å². The number of nitrogens with zero attached hydrogens (tertiary/aromatic N) is 2. The van der Waals surface area contributed by atoms with Crippen molar-refractivity contribution in [3.8, 4) is 0 Å². The van der Waals surface area contributed by atoms with Crippen LogP contribution in [0.3, 0.4) is 0 Å². The van der Waals surface area contributed by atoms with E-state index >= 15 is 0 Å². The number of hydrogen-bond acceptors (Lipinski definition) is 4. The lowest BCUT2D eigenvalue weighted by Gasteiger charge is -2.37. The van der Waals surface area contributed by atoms with E-state index in [0.29, 0.717) is 43.7 Å². The second-order valence-electron chi connectivity index (χ2n) is 6.35. The molecular formula is C16H21FN2O3S. The molecule has 0 aliphatic carbocycles. The predicted octanol–water partition coefficient (Wildman–Crippen LogP) is 1.08. The van der Waals surface area contributed by atoms with Crippen molar-refractivity contribution >= 4 is 15.7 Å². The van der Waals surface area contributed by atoms with Gasteiger partial charge in [-0.25, -0.2) is 12.8 Å². The number of amides is 1. The summed E-state index contributed by atoms with van der Waals surface area (Å²) in [4.78, 5) is 16.3. The fraction of sp³-hybridized carbons (Fsp3) is 0.562. The van der Waals surface area contributed by atoms with Gasteiger partial charge in [0.25, 0.3) is 5.91 Å². The molecule has 0 spiro atoms. The second kappa shape index (κ2) is 6.20. The molecule has 2 aliphatic rings. The normalized spacial score (nSPS) is 24.8. The molecule has 3 rings (SSSR count). The molecule has 2 aliphatic heterocycles. The van der Waals surface area contributed by atoms with Crippen molar-refractivity contribution in [3.63, 3.8) is 0 Å². The van der Waals surface area contributed by atoms with Gasteiger partial charge in [-0.1, -0.05) is 6.07 Å². The van der Waals surface area contributed by atoms with Crippen molar-refractivity contribution in [2.45, 2.75) is 19.4 Å². The molecule has 5 nitrogen and oxygen atoms in total. The predicted molar refractivity (Wildman–Crippen MR) is 85.7 cm³/mol. The molecule has 126 valence electrons. The standard InChI is InChI=1S/C16H21FN2O3S/c1-12-2-3-13(10-15(12)17)16(20)19-7-5-18(6-8-19)14-4-9-23(21,22)11-14/h2-3,10,14H,4-9,11H2,1H3/t14-/m0/s1. The van der Waals surface area contributed by atoms with Gasteiger partial charge in [0.15, 0.2) is 9.84 Å². The number of aryl methyl sites for hydroxylation is 1. The van der Waals surface area contributed by atoms with Crippen molar-refractivity contribution in [2.24, 2.45) is 0 Å². The highest BCUT2D eigenvalue weighted by atomic mass is 32.2. The van der Waals surface area contributed by atoms with E-state index < -0.39 is 9.84 Å². The highest BCUT2D eigenvalue weighted by Gasteiger charge is 2.34. The second-order valence-corrected chi connectivity index (χ2v) is 8.58. The van der Waals surface area contributed by atoms with Crippen LogP contribution in [0.15, 0.2) is 18.2 Å². The molecule has 2 fully saturated rings. The van der Waals surface area contributed by atoms with Crippen LogP contribution >= 0.6 is 0 Å². The molecule has 7 heteroatoms. The number of carbonyl (C=O) groups is 1. The van der Waals surface area contributed by atoms with E-state index in [4.69, 9.17) is 0 Å². The Hall–Kier alpha value is -1.47. The van der Waals surface area contributed by atoms with Crippen molar-refractivity contribution < 1.29 is 17.6 Å². The van der Waals surface area contributed by atoms with Gasteiger partial charge in [-0.15, -0.1) is 0 Å². The van der Waals surface area contributed by atoms with Gasteiger partial charge in [-0.3, -0.25) is 9.69 Å². The molecular weight excluding hydrogens is 319 g/mol. The fourth-order valence-corrected chi connectivity index (χ4v) is 5.02. The van der Waals surface area contributed by atoms with Crippen LogP contribution in [0.2, 0.25) is 0 Å². The molecule has 1 aromatic rings. The van der Waals surface area contributed by atoms with Crippen LogP contribution in [0.25, 0.3) is 0 Å². The zero-order valence-electron chi connectivity index (χ0n) is 13.2. The fourth-order valence-electron chi connectivity index (χ4n) is 3.26. The number of rotatable bonds is 2. The third-order valence-corrected chi connectivity index (χ3v) is 6.50. The van der Waals surface area contributed by atoms with Crippen LogP contribution in [0.1, 0.15) is 22.3 Å². The molecule has 0 N–H and O–H groups in total. The highest BCUT2D eigenvalue weighted by Crippen LogP contribution is 2.20. The molecule has 0 saturated carbocycles. The third-order valence-electron chi connectivity index (χ3n) is 4.75. The maximum atomic E-state index is 13.6. The van der Waals surface area contributed by atoms with Gasteiger partial charge in [0, 0.05) is 37.8 Å².